The molecule has 2 aromatic carbocycles. The number of carbonyl (C=O) groups is 3. The van der Waals surface area contributed by atoms with Gasteiger partial charge in [0.2, 0.25) is 5.91 Å². The Hall–Kier alpha value is -3.63. The van der Waals surface area contributed by atoms with Crippen LogP contribution in [0.1, 0.15) is 72.5 Å². The minimum atomic E-state index is -4.85. The summed E-state index contributed by atoms with van der Waals surface area (Å²) in [7, 11) is 0. The number of anilines is 1. The number of halogens is 4. The van der Waals surface area contributed by atoms with Crippen LogP contribution in [0.3, 0.4) is 0 Å². The smallest absolute Gasteiger partial charge is 0.481 e. The van der Waals surface area contributed by atoms with E-state index in [0.717, 1.165) is 31.4 Å². The average molecular weight is 549 g/mol. The fourth-order valence-corrected chi connectivity index (χ4v) is 6.05. The molecule has 0 saturated heterocycles. The number of carboxylic acids is 1. The van der Waals surface area contributed by atoms with Crippen LogP contribution in [-0.4, -0.2) is 46.2 Å². The van der Waals surface area contributed by atoms with Gasteiger partial charge in [0.25, 0.3) is 5.91 Å². The number of fused-ring (bicyclic) bond motifs is 2. The Labute approximate surface area is 222 Å². The van der Waals surface area contributed by atoms with E-state index in [1.807, 2.05) is 0 Å². The molecule has 2 aromatic rings. The van der Waals surface area contributed by atoms with Gasteiger partial charge in [0.15, 0.2) is 0 Å². The zero-order chi connectivity index (χ0) is 27.9. The molecule has 2 aliphatic carbocycles. The minimum Gasteiger partial charge on any atom is -0.481 e. The van der Waals surface area contributed by atoms with Crippen molar-refractivity contribution in [1.29, 1.82) is 0 Å². The molecule has 0 unspecified atom stereocenters. The van der Waals surface area contributed by atoms with Crippen molar-refractivity contribution in [3.63, 3.8) is 0 Å². The topological polar surface area (TPSA) is 87.2 Å². The zero-order valence-electron chi connectivity index (χ0n) is 21.0. The molecule has 5 rings (SSSR count). The molecule has 1 aliphatic heterocycles. The molecule has 3 aliphatic rings. The molecule has 208 valence electrons. The van der Waals surface area contributed by atoms with Crippen molar-refractivity contribution in [3.8, 4) is 5.75 Å². The van der Waals surface area contributed by atoms with Gasteiger partial charge in [-0.15, -0.1) is 13.2 Å². The summed E-state index contributed by atoms with van der Waals surface area (Å²) in [5, 5.41) is 9.14. The predicted octanol–water partition coefficient (Wildman–Crippen LogP) is 5.78. The minimum absolute atomic E-state index is 0.0390. The van der Waals surface area contributed by atoms with E-state index in [2.05, 4.69) is 4.74 Å². The van der Waals surface area contributed by atoms with Crippen LogP contribution in [0.4, 0.5) is 23.2 Å². The Kier molecular flexibility index (Phi) is 7.26. The Morgan fingerprint density at radius 2 is 1.72 bits per heavy atom. The molecule has 2 saturated carbocycles. The first-order valence-corrected chi connectivity index (χ1v) is 13.0. The highest BCUT2D eigenvalue weighted by molar-refractivity contribution is 6.07. The molecular formula is C28H28F4N2O5. The monoisotopic (exact) mass is 548 g/mol. The van der Waals surface area contributed by atoms with Gasteiger partial charge < -0.3 is 19.6 Å². The lowest BCUT2D eigenvalue weighted by Gasteiger charge is -2.48. The predicted molar refractivity (Wildman–Crippen MR) is 132 cm³/mol. The van der Waals surface area contributed by atoms with Crippen molar-refractivity contribution in [1.82, 2.24) is 4.90 Å². The average Bonchev–Trinajstić information content (AvgIpc) is 3.61. The molecule has 2 fully saturated rings. The van der Waals surface area contributed by atoms with Crippen LogP contribution in [0.5, 0.6) is 5.75 Å². The highest BCUT2D eigenvalue weighted by Gasteiger charge is 2.51. The highest BCUT2D eigenvalue weighted by atomic mass is 19.4. The van der Waals surface area contributed by atoms with E-state index >= 15 is 0 Å². The largest absolute Gasteiger partial charge is 0.573 e. The zero-order valence-corrected chi connectivity index (χ0v) is 21.0. The van der Waals surface area contributed by atoms with E-state index in [1.54, 1.807) is 28.0 Å². The maximum absolute atomic E-state index is 13.8. The van der Waals surface area contributed by atoms with Gasteiger partial charge in [-0.25, -0.2) is 4.39 Å². The van der Waals surface area contributed by atoms with Crippen molar-refractivity contribution in [3.05, 3.63) is 59.2 Å². The number of alkyl halides is 4. The van der Waals surface area contributed by atoms with Crippen molar-refractivity contribution in [2.45, 2.75) is 76.1 Å². The number of carbonyl (C=O) groups excluding carboxylic acids is 2. The first-order valence-electron chi connectivity index (χ1n) is 13.0. The summed E-state index contributed by atoms with van der Waals surface area (Å²) >= 11 is 0. The van der Waals surface area contributed by atoms with Gasteiger partial charge in [0.1, 0.15) is 12.4 Å². The molecule has 0 bridgehead atoms. The van der Waals surface area contributed by atoms with Crippen molar-refractivity contribution in [2.24, 2.45) is 5.92 Å². The Morgan fingerprint density at radius 1 is 1.00 bits per heavy atom. The maximum atomic E-state index is 13.8. The number of ether oxygens (including phenoxy) is 1. The third kappa shape index (κ3) is 5.58. The van der Waals surface area contributed by atoms with E-state index < -0.39 is 36.7 Å². The summed E-state index contributed by atoms with van der Waals surface area (Å²) in [4.78, 5) is 41.8. The molecule has 0 radical (unpaired) electrons. The second-order valence-corrected chi connectivity index (χ2v) is 10.3. The van der Waals surface area contributed by atoms with Gasteiger partial charge in [0.05, 0.1) is 12.5 Å². The number of rotatable bonds is 8. The summed E-state index contributed by atoms with van der Waals surface area (Å²) < 4.78 is 55.5. The molecule has 0 spiro atoms. The summed E-state index contributed by atoms with van der Waals surface area (Å²) in [6.45, 7) is -0.737. The number of aliphatic carboxylic acids is 1. The molecule has 39 heavy (non-hydrogen) atoms. The normalized spacial score (nSPS) is 22.2. The van der Waals surface area contributed by atoms with E-state index in [-0.39, 0.29) is 42.3 Å². The quantitative estimate of drug-likeness (QED) is 0.423. The number of nitrogens with zero attached hydrogens (tertiary/aromatic N) is 2. The number of hydrogen-bond donors (Lipinski definition) is 1. The first kappa shape index (κ1) is 27.0. The molecule has 3 atom stereocenters. The lowest BCUT2D eigenvalue weighted by molar-refractivity contribution is -0.274. The number of benzene rings is 2. The molecule has 1 heterocycles. The van der Waals surface area contributed by atoms with Crippen LogP contribution in [-0.2, 0) is 16.3 Å². The summed E-state index contributed by atoms with van der Waals surface area (Å²) in [5.74, 6) is -2.34. The van der Waals surface area contributed by atoms with Crippen LogP contribution in [0, 0.1) is 5.92 Å². The second kappa shape index (κ2) is 10.5. The summed E-state index contributed by atoms with van der Waals surface area (Å²) in [5.41, 5.74) is 1.72. The van der Waals surface area contributed by atoms with E-state index in [0.29, 0.717) is 29.7 Å². The van der Waals surface area contributed by atoms with Crippen LogP contribution in [0.25, 0.3) is 0 Å². The molecular weight excluding hydrogens is 520 g/mol. The Balaban J connectivity index is 1.54. The SMILES string of the molecule is O=C(O)CCC(=O)N(C1CC1)[C@H]1c2cc(CF)ccc2N(C(=O)c2ccc(OC(F)(F)F)cc2)[C@@H]2CCC[C@@H]21. The van der Waals surface area contributed by atoms with E-state index in [4.69, 9.17) is 5.11 Å². The van der Waals surface area contributed by atoms with Gasteiger partial charge in [-0.1, -0.05) is 12.5 Å². The lowest BCUT2D eigenvalue weighted by Crippen LogP contribution is -2.53. The van der Waals surface area contributed by atoms with Crippen LogP contribution in [0.15, 0.2) is 42.5 Å². The van der Waals surface area contributed by atoms with E-state index in [9.17, 15) is 31.9 Å². The second-order valence-electron chi connectivity index (χ2n) is 10.3. The van der Waals surface area contributed by atoms with Crippen LogP contribution in [0.2, 0.25) is 0 Å². The van der Waals surface area contributed by atoms with Gasteiger partial charge in [-0.2, -0.15) is 0 Å². The molecule has 11 heteroatoms. The van der Waals surface area contributed by atoms with Crippen molar-refractivity contribution in [2.75, 3.05) is 4.90 Å². The third-order valence-electron chi connectivity index (χ3n) is 7.73. The molecule has 2 amide bonds. The summed E-state index contributed by atoms with van der Waals surface area (Å²) in [6.07, 6.45) is -1.54. The van der Waals surface area contributed by atoms with E-state index in [1.165, 1.54) is 12.1 Å². The number of hydrogen-bond acceptors (Lipinski definition) is 4. The van der Waals surface area contributed by atoms with Gasteiger partial charge in [-0.05, 0) is 73.2 Å². The fourth-order valence-electron chi connectivity index (χ4n) is 6.05. The molecule has 7 nitrogen and oxygen atoms in total. The van der Waals surface area contributed by atoms with Gasteiger partial charge in [-0.3, -0.25) is 14.4 Å². The van der Waals surface area contributed by atoms with Crippen molar-refractivity contribution < 1.29 is 41.8 Å². The number of amides is 2. The van der Waals surface area contributed by atoms with Crippen LogP contribution >= 0.6 is 0 Å². The lowest BCUT2D eigenvalue weighted by atomic mass is 9.80. The van der Waals surface area contributed by atoms with Gasteiger partial charge in [0, 0.05) is 35.7 Å². The number of carboxylic acid groups (broad SMARTS) is 1. The molecule has 0 aromatic heterocycles. The Morgan fingerprint density at radius 3 is 2.33 bits per heavy atom. The fraction of sp³-hybridized carbons (Fsp3) is 0.464. The standard InChI is InChI=1S/C28H28F4N2O5/c29-15-16-4-11-23-21(14-16)26(33(18-7-8-18)24(35)12-13-25(36)37)20-2-1-3-22(20)34(23)27(38)17-5-9-19(10-6-17)39-28(30,31)32/h4-6,9-11,14,18,20,22,26H,1-3,7-8,12-13,15H2,(H,36,37)/t20-,22+,26+/m0/s1. The van der Waals surface area contributed by atoms with Crippen LogP contribution < -0.4 is 9.64 Å². The Bertz CT molecular complexity index is 1260. The highest BCUT2D eigenvalue weighted by Crippen LogP contribution is 2.53. The van der Waals surface area contributed by atoms with Crippen molar-refractivity contribution >= 4 is 23.5 Å². The first-order chi connectivity index (χ1) is 18.6. The summed E-state index contributed by atoms with van der Waals surface area (Å²) in [6, 6.07) is 8.90. The third-order valence-corrected chi connectivity index (χ3v) is 7.73. The molecule has 1 N–H and O–H groups in total. The maximum Gasteiger partial charge on any atom is 0.573 e. The van der Waals surface area contributed by atoms with Gasteiger partial charge >= 0.3 is 12.3 Å².